The maximum absolute atomic E-state index is 11.4. The predicted molar refractivity (Wildman–Crippen MR) is 98.3 cm³/mol. The molecule has 0 aliphatic heterocycles. The van der Waals surface area contributed by atoms with Gasteiger partial charge < -0.3 is 5.11 Å². The quantitative estimate of drug-likeness (QED) is 0.851. The summed E-state index contributed by atoms with van der Waals surface area (Å²) in [5, 5.41) is 20.5. The molecule has 1 aromatic heterocycles. The van der Waals surface area contributed by atoms with E-state index in [4.69, 9.17) is 0 Å². The lowest BCUT2D eigenvalue weighted by atomic mass is 9.50. The van der Waals surface area contributed by atoms with Crippen LogP contribution in [0, 0.1) is 16.2 Å². The van der Waals surface area contributed by atoms with Crippen molar-refractivity contribution in [1.82, 2.24) is 15.0 Å². The van der Waals surface area contributed by atoms with Crippen LogP contribution in [0.15, 0.2) is 42.5 Å². The van der Waals surface area contributed by atoms with Gasteiger partial charge in [0.25, 0.3) is 0 Å². The van der Waals surface area contributed by atoms with Gasteiger partial charge in [-0.05, 0) is 29.0 Å². The largest absolute Gasteiger partial charge is 0.386 e. The number of aliphatic hydroxyl groups excluding tert-OH is 1. The fourth-order valence-electron chi connectivity index (χ4n) is 4.31. The van der Waals surface area contributed by atoms with Crippen LogP contribution in [0.3, 0.4) is 0 Å². The fourth-order valence-corrected chi connectivity index (χ4v) is 4.31. The van der Waals surface area contributed by atoms with Crippen molar-refractivity contribution in [2.75, 3.05) is 0 Å². The first-order chi connectivity index (χ1) is 11.1. The van der Waals surface area contributed by atoms with E-state index < -0.39 is 11.5 Å². The highest BCUT2D eigenvalue weighted by Crippen LogP contribution is 2.57. The van der Waals surface area contributed by atoms with E-state index in [0.717, 1.165) is 16.7 Å². The van der Waals surface area contributed by atoms with Gasteiger partial charge in [-0.2, -0.15) is 4.80 Å². The molecule has 2 aromatic rings. The van der Waals surface area contributed by atoms with E-state index in [9.17, 15) is 5.11 Å². The second-order valence-corrected chi connectivity index (χ2v) is 8.70. The van der Waals surface area contributed by atoms with Gasteiger partial charge in [-0.3, -0.25) is 0 Å². The van der Waals surface area contributed by atoms with E-state index >= 15 is 0 Å². The van der Waals surface area contributed by atoms with Crippen LogP contribution >= 0.6 is 0 Å². The average molecular weight is 325 g/mol. The van der Waals surface area contributed by atoms with Gasteiger partial charge in [0.05, 0.1) is 5.70 Å². The number of allylic oxidation sites excluding steroid dienone is 2. The summed E-state index contributed by atoms with van der Waals surface area (Å²) in [6, 6.07) is 7.76. The second-order valence-electron chi connectivity index (χ2n) is 8.70. The molecule has 1 aliphatic rings. The van der Waals surface area contributed by atoms with E-state index in [1.807, 2.05) is 36.4 Å². The van der Waals surface area contributed by atoms with Crippen LogP contribution in [-0.4, -0.2) is 26.2 Å². The summed E-state index contributed by atoms with van der Waals surface area (Å²) in [6.45, 7) is 13.1. The highest BCUT2D eigenvalue weighted by molar-refractivity contribution is 5.74. The van der Waals surface area contributed by atoms with Crippen molar-refractivity contribution >= 4 is 16.7 Å². The minimum atomic E-state index is -0.690. The van der Waals surface area contributed by atoms with Crippen molar-refractivity contribution in [1.29, 1.82) is 0 Å². The lowest BCUT2D eigenvalue weighted by Crippen LogP contribution is -2.54. The van der Waals surface area contributed by atoms with Crippen molar-refractivity contribution in [3.8, 4) is 0 Å². The molecule has 1 atom stereocenters. The molecule has 0 amide bonds. The van der Waals surface area contributed by atoms with Crippen LogP contribution in [0.2, 0.25) is 0 Å². The maximum Gasteiger partial charge on any atom is 0.113 e. The molecular formula is C20H27N3O. The Morgan fingerprint density at radius 2 is 1.46 bits per heavy atom. The molecule has 0 bridgehead atoms. The smallest absolute Gasteiger partial charge is 0.113 e. The van der Waals surface area contributed by atoms with Crippen LogP contribution in [0.5, 0.6) is 0 Å². The fraction of sp³-hybridized carbons (Fsp3) is 0.500. The molecule has 1 aliphatic carbocycles. The third-order valence-electron chi connectivity index (χ3n) is 5.34. The Bertz CT molecular complexity index is 768. The first-order valence-electron chi connectivity index (χ1n) is 8.48. The van der Waals surface area contributed by atoms with Crippen LogP contribution < -0.4 is 0 Å². The van der Waals surface area contributed by atoms with Crippen molar-refractivity contribution in [3.05, 3.63) is 42.5 Å². The zero-order valence-electron chi connectivity index (χ0n) is 15.4. The Morgan fingerprint density at radius 3 is 1.92 bits per heavy atom. The SMILES string of the molecule is CC(C)(C)C1(C(C)(C)C)C=CC=C(n2nc3ccccc3n2)C1O. The summed E-state index contributed by atoms with van der Waals surface area (Å²) >= 11 is 0. The molecule has 0 fully saturated rings. The normalized spacial score (nSPS) is 21.1. The van der Waals surface area contributed by atoms with Gasteiger partial charge in [-0.25, -0.2) is 0 Å². The number of nitrogens with zero attached hydrogens (tertiary/aromatic N) is 3. The van der Waals surface area contributed by atoms with Gasteiger partial charge in [0.2, 0.25) is 0 Å². The van der Waals surface area contributed by atoms with Crippen molar-refractivity contribution < 1.29 is 5.11 Å². The molecule has 0 spiro atoms. The highest BCUT2D eigenvalue weighted by atomic mass is 16.3. The average Bonchev–Trinajstić information content (AvgIpc) is 2.88. The number of hydrogen-bond acceptors (Lipinski definition) is 3. The lowest BCUT2D eigenvalue weighted by molar-refractivity contribution is -0.0684. The maximum atomic E-state index is 11.4. The Kier molecular flexibility index (Phi) is 3.72. The molecule has 128 valence electrons. The zero-order valence-corrected chi connectivity index (χ0v) is 15.4. The van der Waals surface area contributed by atoms with E-state index in [-0.39, 0.29) is 10.8 Å². The molecule has 24 heavy (non-hydrogen) atoms. The summed E-state index contributed by atoms with van der Waals surface area (Å²) in [4.78, 5) is 1.59. The van der Waals surface area contributed by atoms with Gasteiger partial charge in [0.1, 0.15) is 17.1 Å². The molecule has 1 unspecified atom stereocenters. The number of fused-ring (bicyclic) bond motifs is 1. The standard InChI is InChI=1S/C20H27N3O/c1-18(2,3)20(19(4,5)6)13-9-12-16(17(20)24)23-21-14-10-7-8-11-15(14)22-23/h7-13,17,24H,1-6H3. The second kappa shape index (κ2) is 5.28. The molecule has 1 aromatic carbocycles. The number of benzene rings is 1. The molecule has 1 N–H and O–H groups in total. The molecule has 0 radical (unpaired) electrons. The molecule has 4 heteroatoms. The van der Waals surface area contributed by atoms with E-state index in [0.29, 0.717) is 0 Å². The van der Waals surface area contributed by atoms with Crippen LogP contribution in [0.4, 0.5) is 0 Å². The van der Waals surface area contributed by atoms with Crippen LogP contribution in [0.25, 0.3) is 16.7 Å². The minimum Gasteiger partial charge on any atom is -0.386 e. The summed E-state index contributed by atoms with van der Waals surface area (Å²) in [6.07, 6.45) is 5.42. The summed E-state index contributed by atoms with van der Waals surface area (Å²) in [5.41, 5.74) is 1.69. The molecule has 1 heterocycles. The molecule has 4 nitrogen and oxygen atoms in total. The monoisotopic (exact) mass is 325 g/mol. The summed E-state index contributed by atoms with van der Waals surface area (Å²) in [5.74, 6) is 0. The number of hydrogen-bond donors (Lipinski definition) is 1. The Morgan fingerprint density at radius 1 is 0.958 bits per heavy atom. The van der Waals surface area contributed by atoms with Crippen LogP contribution in [0.1, 0.15) is 41.5 Å². The zero-order chi connectivity index (χ0) is 17.8. The molecular weight excluding hydrogens is 298 g/mol. The summed E-state index contributed by atoms with van der Waals surface area (Å²) in [7, 11) is 0. The third kappa shape index (κ3) is 2.32. The number of rotatable bonds is 1. The molecule has 0 saturated heterocycles. The lowest BCUT2D eigenvalue weighted by Gasteiger charge is -2.55. The topological polar surface area (TPSA) is 50.9 Å². The Labute approximate surface area is 143 Å². The van der Waals surface area contributed by atoms with Gasteiger partial charge in [-0.15, -0.1) is 10.2 Å². The third-order valence-corrected chi connectivity index (χ3v) is 5.34. The summed E-state index contributed by atoms with van der Waals surface area (Å²) < 4.78 is 0. The van der Waals surface area contributed by atoms with E-state index in [2.05, 4.69) is 57.8 Å². The number of aliphatic hydroxyl groups is 1. The van der Waals surface area contributed by atoms with E-state index in [1.165, 1.54) is 0 Å². The minimum absolute atomic E-state index is 0.132. The van der Waals surface area contributed by atoms with E-state index in [1.54, 1.807) is 4.80 Å². The van der Waals surface area contributed by atoms with Gasteiger partial charge >= 0.3 is 0 Å². The van der Waals surface area contributed by atoms with Crippen LogP contribution in [-0.2, 0) is 0 Å². The molecule has 0 saturated carbocycles. The van der Waals surface area contributed by atoms with Crippen molar-refractivity contribution in [2.45, 2.75) is 47.6 Å². The first-order valence-corrected chi connectivity index (χ1v) is 8.48. The molecule has 3 rings (SSSR count). The van der Waals surface area contributed by atoms with Gasteiger partial charge in [0.15, 0.2) is 0 Å². The van der Waals surface area contributed by atoms with Gasteiger partial charge in [0, 0.05) is 5.41 Å². The number of aromatic nitrogens is 3. The van der Waals surface area contributed by atoms with Crippen molar-refractivity contribution in [3.63, 3.8) is 0 Å². The Hall–Kier alpha value is -1.94. The predicted octanol–water partition coefficient (Wildman–Crippen LogP) is 4.28. The van der Waals surface area contributed by atoms with Crippen molar-refractivity contribution in [2.24, 2.45) is 16.2 Å². The first kappa shape index (κ1) is 16.9. The van der Waals surface area contributed by atoms with Gasteiger partial charge in [-0.1, -0.05) is 65.8 Å². The Balaban J connectivity index is 2.14. The highest BCUT2D eigenvalue weighted by Gasteiger charge is 2.55.